The maximum atomic E-state index is 12.3. The number of carbonyl (C=O) groups excluding carboxylic acids is 1. The van der Waals surface area contributed by atoms with Gasteiger partial charge in [0.05, 0.1) is 30.5 Å². The molecule has 0 aromatic carbocycles. The molecule has 0 aliphatic rings. The largest absolute Gasteiger partial charge is 0.477 e. The number of nitrogens with one attached hydrogen (secondary N) is 1. The number of aryl methyl sites for hydroxylation is 1. The summed E-state index contributed by atoms with van der Waals surface area (Å²) in [5.74, 6) is 0.309. The van der Waals surface area contributed by atoms with E-state index in [2.05, 4.69) is 20.4 Å². The zero-order valence-corrected chi connectivity index (χ0v) is 16.8. The van der Waals surface area contributed by atoms with Gasteiger partial charge >= 0.3 is 6.18 Å². The Kier molecular flexibility index (Phi) is 6.23. The minimum Gasteiger partial charge on any atom is -0.477 e. The first-order chi connectivity index (χ1) is 14.1. The molecule has 3 heterocycles. The van der Waals surface area contributed by atoms with Crippen molar-refractivity contribution in [3.05, 3.63) is 41.9 Å². The number of aromatic nitrogens is 4. The van der Waals surface area contributed by atoms with E-state index in [4.69, 9.17) is 4.74 Å². The summed E-state index contributed by atoms with van der Waals surface area (Å²) in [6, 6.07) is 3.54. The first kappa shape index (κ1) is 21.5. The molecule has 1 N–H and O–H groups in total. The van der Waals surface area contributed by atoms with Gasteiger partial charge in [0.15, 0.2) is 0 Å². The third kappa shape index (κ3) is 5.46. The summed E-state index contributed by atoms with van der Waals surface area (Å²) in [5, 5.41) is 8.00. The Morgan fingerprint density at radius 1 is 1.30 bits per heavy atom. The van der Waals surface area contributed by atoms with Gasteiger partial charge in [0.2, 0.25) is 11.8 Å². The first-order valence-electron chi connectivity index (χ1n) is 9.40. The van der Waals surface area contributed by atoms with Crippen LogP contribution < -0.4 is 10.1 Å². The Balaban J connectivity index is 1.73. The molecular weight excluding hydrogens is 399 g/mol. The molecule has 0 fully saturated rings. The van der Waals surface area contributed by atoms with E-state index in [9.17, 15) is 18.0 Å². The maximum Gasteiger partial charge on any atom is 0.392 e. The molecule has 0 atom stereocenters. The minimum absolute atomic E-state index is 0.135. The topological polar surface area (TPSA) is 81.9 Å². The lowest BCUT2D eigenvalue weighted by Crippen LogP contribution is -2.18. The Bertz CT molecular complexity index is 1050. The van der Waals surface area contributed by atoms with Gasteiger partial charge < -0.3 is 10.1 Å². The lowest BCUT2D eigenvalue weighted by molar-refractivity contribution is -0.139. The van der Waals surface area contributed by atoms with Crippen LogP contribution in [0.15, 0.2) is 30.7 Å². The molecule has 10 heteroatoms. The van der Waals surface area contributed by atoms with Gasteiger partial charge in [0.1, 0.15) is 5.82 Å². The maximum absolute atomic E-state index is 12.3. The van der Waals surface area contributed by atoms with Crippen molar-refractivity contribution in [1.29, 1.82) is 0 Å². The van der Waals surface area contributed by atoms with Gasteiger partial charge in [-0.15, -0.1) is 0 Å². The van der Waals surface area contributed by atoms with E-state index in [1.165, 1.54) is 0 Å². The number of ether oxygens (including phenoxy) is 1. The van der Waals surface area contributed by atoms with Crippen LogP contribution in [-0.4, -0.2) is 38.4 Å². The van der Waals surface area contributed by atoms with Crippen LogP contribution in [0.3, 0.4) is 0 Å². The molecular formula is C20H22F3N5O2. The van der Waals surface area contributed by atoms with Crippen LogP contribution in [0.4, 0.5) is 19.0 Å². The summed E-state index contributed by atoms with van der Waals surface area (Å²) in [5.41, 5.74) is 2.13. The summed E-state index contributed by atoms with van der Waals surface area (Å²) in [7, 11) is 0. The SMILES string of the molecule is Cc1cc(Cn2cc3c(NC(=O)C(C)C)nccc3n2)cnc1OCCC(F)(F)F. The Morgan fingerprint density at radius 3 is 2.73 bits per heavy atom. The van der Waals surface area contributed by atoms with Gasteiger partial charge in [0, 0.05) is 30.1 Å². The highest BCUT2D eigenvalue weighted by atomic mass is 19.4. The fourth-order valence-corrected chi connectivity index (χ4v) is 2.74. The fraction of sp³-hybridized carbons (Fsp3) is 0.400. The predicted octanol–water partition coefficient (Wildman–Crippen LogP) is 4.11. The number of halogens is 3. The number of anilines is 1. The van der Waals surface area contributed by atoms with Crippen molar-refractivity contribution in [2.75, 3.05) is 11.9 Å². The van der Waals surface area contributed by atoms with Crippen molar-refractivity contribution in [2.24, 2.45) is 5.92 Å². The molecule has 3 rings (SSSR count). The highest BCUT2D eigenvalue weighted by molar-refractivity contribution is 5.99. The third-order valence-corrected chi connectivity index (χ3v) is 4.30. The number of carbonyl (C=O) groups is 1. The molecule has 7 nitrogen and oxygen atoms in total. The molecule has 0 bridgehead atoms. The van der Waals surface area contributed by atoms with E-state index < -0.39 is 19.2 Å². The van der Waals surface area contributed by atoms with Gasteiger partial charge in [-0.3, -0.25) is 9.48 Å². The Hall–Kier alpha value is -3.17. The highest BCUT2D eigenvalue weighted by Gasteiger charge is 2.27. The quantitative estimate of drug-likeness (QED) is 0.621. The highest BCUT2D eigenvalue weighted by Crippen LogP contribution is 2.23. The van der Waals surface area contributed by atoms with Crippen LogP contribution in [0.25, 0.3) is 10.9 Å². The summed E-state index contributed by atoms with van der Waals surface area (Å²) < 4.78 is 43.6. The second kappa shape index (κ2) is 8.68. The molecule has 1 amide bonds. The number of hydrogen-bond acceptors (Lipinski definition) is 5. The molecule has 0 saturated carbocycles. The number of alkyl halides is 3. The van der Waals surface area contributed by atoms with Crippen LogP contribution in [0.1, 0.15) is 31.4 Å². The number of fused-ring (bicyclic) bond motifs is 1. The van der Waals surface area contributed by atoms with E-state index in [0.717, 1.165) is 5.56 Å². The van der Waals surface area contributed by atoms with Crippen molar-refractivity contribution in [2.45, 2.75) is 39.9 Å². The lowest BCUT2D eigenvalue weighted by Gasteiger charge is -2.11. The van der Waals surface area contributed by atoms with Crippen molar-refractivity contribution in [3.8, 4) is 5.88 Å². The standard InChI is InChI=1S/C20H22F3N5O2/c1-12(2)18(29)26-17-15-11-28(27-16(15)4-6-24-17)10-14-8-13(3)19(25-9-14)30-7-5-20(21,22)23/h4,6,8-9,11-12H,5,7,10H2,1-3H3,(H,24,26,29). The molecule has 0 saturated heterocycles. The second-order valence-electron chi connectivity index (χ2n) is 7.24. The van der Waals surface area contributed by atoms with E-state index in [-0.39, 0.29) is 17.7 Å². The first-order valence-corrected chi connectivity index (χ1v) is 9.40. The minimum atomic E-state index is -4.27. The summed E-state index contributed by atoms with van der Waals surface area (Å²) in [6.07, 6.45) is -0.393. The van der Waals surface area contributed by atoms with Crippen molar-refractivity contribution < 1.29 is 22.7 Å². The average molecular weight is 421 g/mol. The van der Waals surface area contributed by atoms with E-state index >= 15 is 0 Å². The van der Waals surface area contributed by atoms with Gasteiger partial charge in [-0.2, -0.15) is 18.3 Å². The van der Waals surface area contributed by atoms with Crippen LogP contribution in [-0.2, 0) is 11.3 Å². The number of hydrogen-bond donors (Lipinski definition) is 1. The molecule has 3 aromatic rings. The normalized spacial score (nSPS) is 11.8. The number of amides is 1. The van der Waals surface area contributed by atoms with Gasteiger partial charge in [-0.1, -0.05) is 13.8 Å². The molecule has 160 valence electrons. The zero-order chi connectivity index (χ0) is 21.9. The van der Waals surface area contributed by atoms with Gasteiger partial charge in [0.25, 0.3) is 0 Å². The zero-order valence-electron chi connectivity index (χ0n) is 16.8. The molecule has 0 radical (unpaired) electrons. The predicted molar refractivity (Wildman–Crippen MR) is 105 cm³/mol. The summed E-state index contributed by atoms with van der Waals surface area (Å²) in [6.45, 7) is 5.24. The van der Waals surface area contributed by atoms with Crippen molar-refractivity contribution in [3.63, 3.8) is 0 Å². The molecule has 0 aliphatic carbocycles. The van der Waals surface area contributed by atoms with Crippen molar-refractivity contribution >= 4 is 22.6 Å². The van der Waals surface area contributed by atoms with Crippen LogP contribution >= 0.6 is 0 Å². The third-order valence-electron chi connectivity index (χ3n) is 4.30. The Morgan fingerprint density at radius 2 is 2.07 bits per heavy atom. The number of nitrogens with zero attached hydrogens (tertiary/aromatic N) is 4. The molecule has 30 heavy (non-hydrogen) atoms. The molecule has 0 spiro atoms. The fourth-order valence-electron chi connectivity index (χ4n) is 2.74. The molecule has 0 aliphatic heterocycles. The van der Waals surface area contributed by atoms with Gasteiger partial charge in [-0.05, 0) is 24.6 Å². The monoisotopic (exact) mass is 421 g/mol. The smallest absolute Gasteiger partial charge is 0.392 e. The van der Waals surface area contributed by atoms with Crippen molar-refractivity contribution in [1.82, 2.24) is 19.7 Å². The van der Waals surface area contributed by atoms with Crippen LogP contribution in [0, 0.1) is 12.8 Å². The summed E-state index contributed by atoms with van der Waals surface area (Å²) in [4.78, 5) is 20.3. The van der Waals surface area contributed by atoms with E-state index in [0.29, 0.717) is 28.8 Å². The van der Waals surface area contributed by atoms with Crippen LogP contribution in [0.2, 0.25) is 0 Å². The van der Waals surface area contributed by atoms with Gasteiger partial charge in [-0.25, -0.2) is 9.97 Å². The lowest BCUT2D eigenvalue weighted by atomic mass is 10.2. The Labute approximate surface area is 171 Å². The van der Waals surface area contributed by atoms with E-state index in [1.807, 2.05) is 0 Å². The molecule has 0 unspecified atom stereocenters. The molecule has 3 aromatic heterocycles. The summed E-state index contributed by atoms with van der Waals surface area (Å²) >= 11 is 0. The average Bonchev–Trinajstić information content (AvgIpc) is 3.06. The second-order valence-corrected chi connectivity index (χ2v) is 7.24. The number of rotatable bonds is 7. The van der Waals surface area contributed by atoms with Crippen LogP contribution in [0.5, 0.6) is 5.88 Å². The van der Waals surface area contributed by atoms with E-state index in [1.54, 1.807) is 56.2 Å². The number of pyridine rings is 2.